The number of carbonyl (C=O) groups excluding carboxylic acids is 2. The minimum Gasteiger partial charge on any atom is -0.310 e. The van der Waals surface area contributed by atoms with Crippen LogP contribution in [0.5, 0.6) is 0 Å². The van der Waals surface area contributed by atoms with Gasteiger partial charge >= 0.3 is 0 Å². The van der Waals surface area contributed by atoms with Crippen molar-refractivity contribution in [1.82, 2.24) is 21.3 Å². The Hall–Kier alpha value is -2.38. The summed E-state index contributed by atoms with van der Waals surface area (Å²) in [6.45, 7) is 28.6. The zero-order valence-corrected chi connectivity index (χ0v) is 44.6. The van der Waals surface area contributed by atoms with Gasteiger partial charge in [0, 0.05) is 83.8 Å². The number of Topliss-reactive ketones (excluding diaryl/α,β-unsaturated/α-hetero) is 2. The Labute approximate surface area is 412 Å². The maximum absolute atomic E-state index is 15.2. The number of carbonyl (C=O) groups is 2. The van der Waals surface area contributed by atoms with Crippen LogP contribution in [0, 0.1) is 47.3 Å². The molecule has 372 valence electrons. The van der Waals surface area contributed by atoms with Crippen LogP contribution in [0.2, 0.25) is 0 Å². The van der Waals surface area contributed by atoms with Gasteiger partial charge in [-0.15, -0.1) is 0 Å². The van der Waals surface area contributed by atoms with Crippen molar-refractivity contribution in [2.24, 2.45) is 47.3 Å². The van der Waals surface area contributed by atoms with Crippen molar-refractivity contribution in [3.8, 4) is 0 Å². The lowest BCUT2D eigenvalue weighted by molar-refractivity contribution is -0.137. The fraction of sp³-hybridized carbons (Fsp3) is 0.774. The van der Waals surface area contributed by atoms with Crippen molar-refractivity contribution in [2.45, 2.75) is 255 Å². The molecule has 0 amide bonds. The zero-order valence-electron chi connectivity index (χ0n) is 44.6. The van der Waals surface area contributed by atoms with E-state index in [2.05, 4.69) is 141 Å². The second kappa shape index (κ2) is 17.1. The van der Waals surface area contributed by atoms with E-state index in [1.54, 1.807) is 0 Å². The number of benzene rings is 2. The summed E-state index contributed by atoms with van der Waals surface area (Å²) in [7, 11) is 0. The van der Waals surface area contributed by atoms with E-state index in [9.17, 15) is 0 Å². The topological polar surface area (TPSA) is 82.3 Å². The Morgan fingerprint density at radius 3 is 1.04 bits per heavy atom. The number of nitrogens with one attached hydrogen (secondary N) is 4. The lowest BCUT2D eigenvalue weighted by Gasteiger charge is -2.49. The number of hydrogen-bond acceptors (Lipinski definition) is 6. The first-order chi connectivity index (χ1) is 32.0. The zero-order chi connectivity index (χ0) is 48.0. The average molecular weight is 925 g/mol. The second-order valence-electron chi connectivity index (χ2n) is 29.0. The summed E-state index contributed by atoms with van der Waals surface area (Å²) in [5.41, 5.74) is 8.72. The molecule has 2 aromatic carbocycles. The fourth-order valence-corrected chi connectivity index (χ4v) is 17.4. The van der Waals surface area contributed by atoms with Crippen molar-refractivity contribution < 1.29 is 9.59 Å². The molecular formula is C62H92N4O2. The van der Waals surface area contributed by atoms with E-state index in [4.69, 9.17) is 0 Å². The maximum atomic E-state index is 15.2. The molecule has 4 saturated carbocycles. The molecule has 4 aliphatic carbocycles. The summed E-state index contributed by atoms with van der Waals surface area (Å²) in [5.74, 6) is 3.88. The third-order valence-corrected chi connectivity index (χ3v) is 20.9. The van der Waals surface area contributed by atoms with Crippen LogP contribution in [0.15, 0.2) is 36.4 Å². The van der Waals surface area contributed by atoms with Crippen LogP contribution < -0.4 is 21.3 Å². The molecule has 0 spiro atoms. The smallest absolute Gasteiger partial charge is 0.140 e. The van der Waals surface area contributed by atoms with Crippen LogP contribution in [0.3, 0.4) is 0 Å². The molecular weight excluding hydrogens is 833 g/mol. The summed E-state index contributed by atoms with van der Waals surface area (Å²) in [4.78, 5) is 30.5. The van der Waals surface area contributed by atoms with Crippen molar-refractivity contribution >= 4 is 11.6 Å². The first-order valence-electron chi connectivity index (χ1n) is 28.5. The van der Waals surface area contributed by atoms with Crippen molar-refractivity contribution in [2.75, 3.05) is 0 Å². The number of hydrogen-bond donors (Lipinski definition) is 4. The molecule has 0 aromatic heterocycles. The second-order valence-corrected chi connectivity index (χ2v) is 29.0. The van der Waals surface area contributed by atoms with E-state index < -0.39 is 0 Å². The molecule has 68 heavy (non-hydrogen) atoms. The van der Waals surface area contributed by atoms with Gasteiger partial charge in [0.05, 0.1) is 0 Å². The molecule has 5 saturated heterocycles. The van der Waals surface area contributed by atoms with E-state index in [1.165, 1.54) is 97.6 Å². The van der Waals surface area contributed by atoms with Crippen molar-refractivity contribution in [1.29, 1.82) is 0 Å². The highest BCUT2D eigenvalue weighted by Crippen LogP contribution is 2.56. The Balaban J connectivity index is 1.08. The van der Waals surface area contributed by atoms with E-state index >= 15 is 9.59 Å². The molecule has 4 N–H and O–H groups in total. The van der Waals surface area contributed by atoms with E-state index in [-0.39, 0.29) is 75.4 Å². The molecule has 9 fully saturated rings. The predicted molar refractivity (Wildman–Crippen MR) is 279 cm³/mol. The summed E-state index contributed by atoms with van der Waals surface area (Å²) in [5, 5.41) is 18.2. The monoisotopic (exact) mass is 925 g/mol. The molecule has 5 aliphatic heterocycles. The van der Waals surface area contributed by atoms with Crippen LogP contribution >= 0.6 is 0 Å². The Morgan fingerprint density at radius 2 is 0.691 bits per heavy atom. The molecule has 0 radical (unpaired) electrons. The molecule has 6 nitrogen and oxygen atoms in total. The van der Waals surface area contributed by atoms with Crippen LogP contribution in [0.1, 0.15) is 218 Å². The Morgan fingerprint density at radius 1 is 0.368 bits per heavy atom. The predicted octanol–water partition coefficient (Wildman–Crippen LogP) is 11.7. The molecule has 16 unspecified atom stereocenters. The number of rotatable bonds is 2. The van der Waals surface area contributed by atoms with E-state index in [0.717, 1.165) is 25.7 Å². The van der Waals surface area contributed by atoms with Gasteiger partial charge in [0.1, 0.15) is 11.6 Å². The van der Waals surface area contributed by atoms with E-state index in [0.29, 0.717) is 65.3 Å². The van der Waals surface area contributed by atoms with Gasteiger partial charge in [-0.05, 0) is 143 Å². The largest absolute Gasteiger partial charge is 0.310 e. The van der Waals surface area contributed by atoms with Crippen LogP contribution in [-0.4, -0.2) is 59.9 Å². The molecule has 6 heteroatoms. The molecule has 11 rings (SSSR count). The summed E-state index contributed by atoms with van der Waals surface area (Å²) >= 11 is 0. The van der Waals surface area contributed by atoms with Gasteiger partial charge < -0.3 is 21.3 Å². The van der Waals surface area contributed by atoms with Gasteiger partial charge in [0.2, 0.25) is 0 Å². The first-order valence-corrected chi connectivity index (χ1v) is 28.5. The van der Waals surface area contributed by atoms with Gasteiger partial charge in [0.15, 0.2) is 0 Å². The summed E-state index contributed by atoms with van der Waals surface area (Å²) in [6, 6.07) is 17.6. The van der Waals surface area contributed by atoms with Crippen molar-refractivity contribution in [3.05, 3.63) is 69.8 Å². The van der Waals surface area contributed by atoms with Gasteiger partial charge in [-0.1, -0.05) is 145 Å². The minimum absolute atomic E-state index is 0.00831. The van der Waals surface area contributed by atoms with Crippen molar-refractivity contribution in [3.63, 3.8) is 0 Å². The van der Waals surface area contributed by atoms with Crippen LogP contribution in [0.4, 0.5) is 0 Å². The number of fused-ring (bicyclic) bond motifs is 12. The van der Waals surface area contributed by atoms with Crippen LogP contribution in [0.25, 0.3) is 0 Å². The maximum Gasteiger partial charge on any atom is 0.140 e. The SMILES string of the molecule is CC(C)(C)c1cc(C2C3CCC(N3)C3C4CCCCC4C(=O)C4CC(NC43)C(c3cc(C(C)(C)C)cc(C(C)(C)C)c3)C3CC4C(=O)C5CCCCC5C(C5CCC2N5)C4N3)cc(C(C)(C)C)c1. The molecule has 9 aliphatic rings. The summed E-state index contributed by atoms with van der Waals surface area (Å²) < 4.78 is 0. The molecule has 8 bridgehead atoms. The normalized spacial score (nSPS) is 41.7. The molecule has 2 aromatic rings. The van der Waals surface area contributed by atoms with Gasteiger partial charge in [0.25, 0.3) is 0 Å². The van der Waals surface area contributed by atoms with E-state index in [1.807, 2.05) is 0 Å². The van der Waals surface area contributed by atoms with Crippen LogP contribution in [-0.2, 0) is 31.2 Å². The first kappa shape index (κ1) is 47.9. The lowest BCUT2D eigenvalue weighted by Crippen LogP contribution is -2.60. The third kappa shape index (κ3) is 8.28. The molecule has 5 heterocycles. The van der Waals surface area contributed by atoms with Gasteiger partial charge in [-0.3, -0.25) is 9.59 Å². The highest BCUT2D eigenvalue weighted by atomic mass is 16.1. The fourth-order valence-electron chi connectivity index (χ4n) is 17.4. The Kier molecular flexibility index (Phi) is 12.1. The highest BCUT2D eigenvalue weighted by Gasteiger charge is 2.62. The number of ketones is 2. The standard InChI is InChI=1S/C62H92N4O2/c1-59(2,3)35-25-33(26-36(29-35)60(4,5)6)51-45-21-23-47(63-45)53-39-17-13-15-19-41(39)57(67)43-31-49(65-55(43)53)52(34-27-37(61(7,8)9)30-38(28-34)62(10,11)12)50-32-44-56(66-50)54(48-24-22-46(51)64-48)40-18-14-16-20-42(40)58(44)68/h25-30,39-56,63-66H,13-24,31-32H2,1-12H3. The molecule has 16 atom stereocenters. The third-order valence-electron chi connectivity index (χ3n) is 20.9. The Bertz CT molecular complexity index is 2110. The lowest BCUT2D eigenvalue weighted by atomic mass is 9.58. The minimum atomic E-state index is -0.00831. The highest BCUT2D eigenvalue weighted by molar-refractivity contribution is 5.87. The van der Waals surface area contributed by atoms with Gasteiger partial charge in [-0.2, -0.15) is 0 Å². The van der Waals surface area contributed by atoms with Gasteiger partial charge in [-0.25, -0.2) is 0 Å². The summed E-state index contributed by atoms with van der Waals surface area (Å²) in [6.07, 6.45) is 15.9. The quantitative estimate of drug-likeness (QED) is 0.240. The average Bonchev–Trinajstić information content (AvgIpc) is 4.11.